The van der Waals surface area contributed by atoms with Gasteiger partial charge in [0.25, 0.3) is 0 Å². The van der Waals surface area contributed by atoms with Crippen LogP contribution in [-0.2, 0) is 10.7 Å². The summed E-state index contributed by atoms with van der Waals surface area (Å²) in [6.07, 6.45) is 0. The minimum absolute atomic E-state index is 0.252. The monoisotopic (exact) mass is 508 g/mol. The van der Waals surface area contributed by atoms with Crippen LogP contribution < -0.4 is 20.9 Å². The van der Waals surface area contributed by atoms with Crippen LogP contribution in [0.15, 0.2) is 120 Å². The second-order valence-corrected chi connectivity index (χ2v) is 9.34. The normalized spacial score (nSPS) is 10.8. The van der Waals surface area contributed by atoms with Gasteiger partial charge in [0.2, 0.25) is 0 Å². The van der Waals surface area contributed by atoms with Gasteiger partial charge in [0, 0.05) is 16.9 Å². The molecule has 0 amide bonds. The molecular formula is C30H24N2O4S. The van der Waals surface area contributed by atoms with Gasteiger partial charge in [-0.2, -0.15) is 0 Å². The molecule has 5 aromatic carbocycles. The SMILES string of the molecule is Nc1ccc(Oc2ccc(-c3cccc([SH](=O)=O)c3-c3ccc(Oc4ccc(N)cc4)cc3)cc2)cc1. The summed E-state index contributed by atoms with van der Waals surface area (Å²) < 4.78 is 36.1. The van der Waals surface area contributed by atoms with E-state index in [1.807, 2.05) is 54.6 Å². The quantitative estimate of drug-likeness (QED) is 0.166. The van der Waals surface area contributed by atoms with E-state index in [1.165, 1.54) is 0 Å². The van der Waals surface area contributed by atoms with Crippen LogP contribution in [0.4, 0.5) is 11.4 Å². The van der Waals surface area contributed by atoms with Crippen LogP contribution in [0.5, 0.6) is 23.0 Å². The van der Waals surface area contributed by atoms with Crippen molar-refractivity contribution < 1.29 is 17.9 Å². The fourth-order valence-electron chi connectivity index (χ4n) is 3.97. The summed E-state index contributed by atoms with van der Waals surface area (Å²) in [6, 6.07) is 34.4. The highest BCUT2D eigenvalue weighted by molar-refractivity contribution is 7.72. The first-order valence-electron chi connectivity index (χ1n) is 11.5. The van der Waals surface area contributed by atoms with Crippen LogP contribution in [0.1, 0.15) is 0 Å². The molecule has 0 aliphatic heterocycles. The fourth-order valence-corrected chi connectivity index (χ4v) is 4.61. The number of anilines is 2. The third-order valence-corrected chi connectivity index (χ3v) is 6.55. The minimum Gasteiger partial charge on any atom is -0.457 e. The van der Waals surface area contributed by atoms with E-state index < -0.39 is 10.7 Å². The number of nitrogen functional groups attached to an aromatic ring is 2. The zero-order chi connectivity index (χ0) is 25.8. The minimum atomic E-state index is -2.82. The smallest absolute Gasteiger partial charge is 0.168 e. The molecule has 0 fully saturated rings. The Morgan fingerprint density at radius 1 is 0.486 bits per heavy atom. The lowest BCUT2D eigenvalue weighted by atomic mass is 9.94. The molecule has 0 heterocycles. The Morgan fingerprint density at radius 3 is 1.32 bits per heavy atom. The molecule has 7 heteroatoms. The van der Waals surface area contributed by atoms with E-state index >= 15 is 0 Å². The Bertz CT molecular complexity index is 1590. The molecule has 0 aliphatic rings. The third kappa shape index (κ3) is 5.58. The van der Waals surface area contributed by atoms with E-state index in [-0.39, 0.29) is 4.90 Å². The van der Waals surface area contributed by atoms with Crippen molar-refractivity contribution in [1.82, 2.24) is 0 Å². The number of rotatable bonds is 7. The summed E-state index contributed by atoms with van der Waals surface area (Å²) >= 11 is 0. The van der Waals surface area contributed by atoms with Gasteiger partial charge in [0.15, 0.2) is 10.7 Å². The molecule has 184 valence electrons. The molecule has 0 unspecified atom stereocenters. The van der Waals surface area contributed by atoms with Crippen molar-refractivity contribution >= 4 is 22.1 Å². The van der Waals surface area contributed by atoms with E-state index in [4.69, 9.17) is 20.9 Å². The van der Waals surface area contributed by atoms with Gasteiger partial charge < -0.3 is 20.9 Å². The lowest BCUT2D eigenvalue weighted by molar-refractivity contribution is 0.482. The highest BCUT2D eigenvalue weighted by atomic mass is 32.2. The van der Waals surface area contributed by atoms with Gasteiger partial charge in [-0.3, -0.25) is 0 Å². The number of thiol groups is 1. The number of ether oxygens (including phenoxy) is 2. The number of benzene rings is 5. The van der Waals surface area contributed by atoms with Crippen LogP contribution in [0.2, 0.25) is 0 Å². The summed E-state index contributed by atoms with van der Waals surface area (Å²) in [5.74, 6) is 2.62. The molecule has 0 spiro atoms. The molecule has 5 aromatic rings. The molecule has 4 N–H and O–H groups in total. The standard InChI is InChI=1S/C30H24N2O4S/c31-22-8-16-26(17-9-22)35-24-12-4-20(5-13-24)28-2-1-3-29(37(33)34)30(28)21-6-14-25(15-7-21)36-27-18-10-23(32)11-19-27/h1-19,37H,31-32H2. The Balaban J connectivity index is 1.46. The summed E-state index contributed by atoms with van der Waals surface area (Å²) in [6.45, 7) is 0. The van der Waals surface area contributed by atoms with Crippen molar-refractivity contribution in [1.29, 1.82) is 0 Å². The highest BCUT2D eigenvalue weighted by Crippen LogP contribution is 2.38. The van der Waals surface area contributed by atoms with E-state index in [1.54, 1.807) is 60.7 Å². The van der Waals surface area contributed by atoms with Gasteiger partial charge in [-0.25, -0.2) is 8.42 Å². The summed E-state index contributed by atoms with van der Waals surface area (Å²) in [5, 5.41) is 0. The first kappa shape index (κ1) is 24.0. The van der Waals surface area contributed by atoms with Gasteiger partial charge in [-0.1, -0.05) is 36.4 Å². The number of hydrogen-bond donors (Lipinski definition) is 3. The van der Waals surface area contributed by atoms with Gasteiger partial charge in [0.05, 0.1) is 4.90 Å². The van der Waals surface area contributed by atoms with Crippen molar-refractivity contribution in [2.45, 2.75) is 4.90 Å². The van der Waals surface area contributed by atoms with Gasteiger partial charge in [0.1, 0.15) is 23.0 Å². The molecule has 0 saturated heterocycles. The molecule has 0 atom stereocenters. The molecular weight excluding hydrogens is 484 g/mol. The predicted molar refractivity (Wildman–Crippen MR) is 148 cm³/mol. The Kier molecular flexibility index (Phi) is 6.78. The summed E-state index contributed by atoms with van der Waals surface area (Å²) in [7, 11) is -2.82. The highest BCUT2D eigenvalue weighted by Gasteiger charge is 2.15. The molecule has 37 heavy (non-hydrogen) atoms. The number of nitrogens with two attached hydrogens (primary N) is 2. The van der Waals surface area contributed by atoms with Crippen LogP contribution in [-0.4, -0.2) is 8.42 Å². The maximum Gasteiger partial charge on any atom is 0.168 e. The predicted octanol–water partition coefficient (Wildman–Crippen LogP) is 6.74. The van der Waals surface area contributed by atoms with Crippen LogP contribution >= 0.6 is 0 Å². The van der Waals surface area contributed by atoms with Gasteiger partial charge in [-0.05, 0) is 95.6 Å². The molecule has 0 saturated carbocycles. The number of hydrogen-bond acceptors (Lipinski definition) is 6. The summed E-state index contributed by atoms with van der Waals surface area (Å²) in [5.41, 5.74) is 15.8. The first-order chi connectivity index (χ1) is 18.0. The zero-order valence-corrected chi connectivity index (χ0v) is 20.6. The Labute approximate surface area is 216 Å². The second kappa shape index (κ2) is 10.5. The summed E-state index contributed by atoms with van der Waals surface area (Å²) in [4.78, 5) is 0.252. The van der Waals surface area contributed by atoms with E-state index in [0.717, 1.165) is 16.7 Å². The third-order valence-electron chi connectivity index (χ3n) is 5.78. The topological polar surface area (TPSA) is 105 Å². The van der Waals surface area contributed by atoms with Crippen molar-refractivity contribution in [3.8, 4) is 45.3 Å². The Hall–Kier alpha value is -4.75. The van der Waals surface area contributed by atoms with Crippen LogP contribution in [0, 0.1) is 0 Å². The van der Waals surface area contributed by atoms with E-state index in [0.29, 0.717) is 39.9 Å². The molecule has 0 bridgehead atoms. The molecule has 0 radical (unpaired) electrons. The van der Waals surface area contributed by atoms with Crippen molar-refractivity contribution in [3.63, 3.8) is 0 Å². The van der Waals surface area contributed by atoms with Crippen molar-refractivity contribution in [3.05, 3.63) is 115 Å². The van der Waals surface area contributed by atoms with Crippen LogP contribution in [0.3, 0.4) is 0 Å². The largest absolute Gasteiger partial charge is 0.457 e. The molecule has 6 nitrogen and oxygen atoms in total. The molecule has 0 aliphatic carbocycles. The maximum atomic E-state index is 12.2. The Morgan fingerprint density at radius 2 is 0.892 bits per heavy atom. The van der Waals surface area contributed by atoms with Crippen LogP contribution in [0.25, 0.3) is 22.3 Å². The molecule has 0 aromatic heterocycles. The van der Waals surface area contributed by atoms with E-state index in [2.05, 4.69) is 0 Å². The fraction of sp³-hybridized carbons (Fsp3) is 0. The van der Waals surface area contributed by atoms with Gasteiger partial charge in [-0.15, -0.1) is 0 Å². The maximum absolute atomic E-state index is 12.2. The average molecular weight is 509 g/mol. The first-order valence-corrected chi connectivity index (χ1v) is 12.7. The second-order valence-electron chi connectivity index (χ2n) is 8.35. The zero-order valence-electron chi connectivity index (χ0n) is 19.7. The lowest BCUT2D eigenvalue weighted by Crippen LogP contribution is -1.93. The van der Waals surface area contributed by atoms with Crippen molar-refractivity contribution in [2.75, 3.05) is 11.5 Å². The van der Waals surface area contributed by atoms with Gasteiger partial charge >= 0.3 is 0 Å². The molecule has 5 rings (SSSR count). The van der Waals surface area contributed by atoms with E-state index in [9.17, 15) is 8.42 Å². The lowest BCUT2D eigenvalue weighted by Gasteiger charge is -2.14. The van der Waals surface area contributed by atoms with Crippen molar-refractivity contribution in [2.24, 2.45) is 0 Å². The average Bonchev–Trinajstić information content (AvgIpc) is 2.92.